The average Bonchev–Trinajstić information content (AvgIpc) is 3.14. The van der Waals surface area contributed by atoms with Crippen LogP contribution in [0.5, 0.6) is 0 Å². The lowest BCUT2D eigenvalue weighted by molar-refractivity contribution is 0.498. The third-order valence-electron chi connectivity index (χ3n) is 5.15. The summed E-state index contributed by atoms with van der Waals surface area (Å²) in [6, 6.07) is 20.6. The standard InChI is InChI=1S/C22H23N5/c1-16-2-6-18(7-3-16)21-14-22(26-12-10-19(24)11-13-26)25-27(21)20-8-4-17(15-23)5-9-20/h2-9,14,19H,10-13,24H2,1H3. The monoisotopic (exact) mass is 357 g/mol. The molecule has 1 aliphatic heterocycles. The number of hydrogen-bond donors (Lipinski definition) is 1. The fraction of sp³-hybridized carbons (Fsp3) is 0.273. The van der Waals surface area contributed by atoms with E-state index >= 15 is 0 Å². The molecule has 3 aromatic rings. The van der Waals surface area contributed by atoms with Gasteiger partial charge in [0.1, 0.15) is 0 Å². The van der Waals surface area contributed by atoms with Gasteiger partial charge in [0.25, 0.3) is 0 Å². The van der Waals surface area contributed by atoms with Gasteiger partial charge < -0.3 is 10.6 Å². The Morgan fingerprint density at radius 3 is 2.33 bits per heavy atom. The van der Waals surface area contributed by atoms with Crippen molar-refractivity contribution in [3.05, 3.63) is 65.7 Å². The first kappa shape index (κ1) is 17.3. The van der Waals surface area contributed by atoms with Gasteiger partial charge in [0, 0.05) is 30.8 Å². The number of nitrogens with two attached hydrogens (primary N) is 1. The molecule has 5 heteroatoms. The molecular weight excluding hydrogens is 334 g/mol. The van der Waals surface area contributed by atoms with Crippen molar-refractivity contribution in [3.8, 4) is 23.0 Å². The number of aryl methyl sites for hydroxylation is 1. The Labute approximate surface area is 159 Å². The molecule has 1 saturated heterocycles. The molecule has 5 nitrogen and oxygen atoms in total. The van der Waals surface area contributed by atoms with Crippen LogP contribution in [0.15, 0.2) is 54.6 Å². The third-order valence-corrected chi connectivity index (χ3v) is 5.15. The second-order valence-corrected chi connectivity index (χ2v) is 7.15. The van der Waals surface area contributed by atoms with Crippen LogP contribution in [0.25, 0.3) is 16.9 Å². The Bertz CT molecular complexity index is 955. The van der Waals surface area contributed by atoms with Crippen LogP contribution in [-0.2, 0) is 0 Å². The van der Waals surface area contributed by atoms with E-state index in [2.05, 4.69) is 48.2 Å². The first-order valence-corrected chi connectivity index (χ1v) is 9.32. The van der Waals surface area contributed by atoms with Crippen molar-refractivity contribution in [2.24, 2.45) is 5.73 Å². The van der Waals surface area contributed by atoms with Gasteiger partial charge in [0.2, 0.25) is 0 Å². The van der Waals surface area contributed by atoms with Gasteiger partial charge in [-0.25, -0.2) is 4.68 Å². The minimum Gasteiger partial charge on any atom is -0.355 e. The van der Waals surface area contributed by atoms with Gasteiger partial charge in [0.05, 0.1) is 23.0 Å². The van der Waals surface area contributed by atoms with Crippen molar-refractivity contribution in [2.75, 3.05) is 18.0 Å². The van der Waals surface area contributed by atoms with Gasteiger partial charge in [-0.15, -0.1) is 5.10 Å². The number of nitrogens with zero attached hydrogens (tertiary/aromatic N) is 4. The minimum atomic E-state index is 0.290. The van der Waals surface area contributed by atoms with E-state index in [1.54, 1.807) is 0 Å². The molecule has 1 aromatic heterocycles. The second-order valence-electron chi connectivity index (χ2n) is 7.15. The number of rotatable bonds is 3. The molecule has 0 unspecified atom stereocenters. The molecule has 2 heterocycles. The van der Waals surface area contributed by atoms with E-state index in [4.69, 9.17) is 16.1 Å². The Balaban J connectivity index is 1.77. The highest BCUT2D eigenvalue weighted by Gasteiger charge is 2.21. The summed E-state index contributed by atoms with van der Waals surface area (Å²) < 4.78 is 1.97. The maximum Gasteiger partial charge on any atom is 0.151 e. The van der Waals surface area contributed by atoms with E-state index in [-0.39, 0.29) is 0 Å². The van der Waals surface area contributed by atoms with Crippen LogP contribution in [0.1, 0.15) is 24.0 Å². The molecule has 0 spiro atoms. The molecule has 1 fully saturated rings. The van der Waals surface area contributed by atoms with E-state index in [1.165, 1.54) is 5.56 Å². The van der Waals surface area contributed by atoms with Crippen molar-refractivity contribution >= 4 is 5.82 Å². The second kappa shape index (κ2) is 7.26. The number of piperidine rings is 1. The lowest BCUT2D eigenvalue weighted by Crippen LogP contribution is -2.39. The van der Waals surface area contributed by atoms with E-state index in [1.807, 2.05) is 28.9 Å². The summed E-state index contributed by atoms with van der Waals surface area (Å²) >= 11 is 0. The maximum atomic E-state index is 9.06. The molecule has 0 saturated carbocycles. The van der Waals surface area contributed by atoms with Crippen molar-refractivity contribution < 1.29 is 0 Å². The average molecular weight is 357 g/mol. The molecule has 136 valence electrons. The van der Waals surface area contributed by atoms with Crippen LogP contribution in [0.4, 0.5) is 5.82 Å². The number of anilines is 1. The predicted octanol–water partition coefficient (Wildman–Crippen LogP) is 3.65. The molecule has 0 radical (unpaired) electrons. The highest BCUT2D eigenvalue weighted by Crippen LogP contribution is 2.29. The van der Waals surface area contributed by atoms with Crippen molar-refractivity contribution in [3.63, 3.8) is 0 Å². The largest absolute Gasteiger partial charge is 0.355 e. The number of aromatic nitrogens is 2. The molecule has 4 rings (SSSR count). The first-order valence-electron chi connectivity index (χ1n) is 9.32. The molecule has 2 N–H and O–H groups in total. The van der Waals surface area contributed by atoms with Gasteiger partial charge >= 0.3 is 0 Å². The zero-order chi connectivity index (χ0) is 18.8. The van der Waals surface area contributed by atoms with E-state index in [0.29, 0.717) is 11.6 Å². The summed E-state index contributed by atoms with van der Waals surface area (Å²) in [7, 11) is 0. The highest BCUT2D eigenvalue weighted by molar-refractivity contribution is 5.67. The molecular formula is C22H23N5. The molecule has 2 aromatic carbocycles. The van der Waals surface area contributed by atoms with Crippen LogP contribution in [0.3, 0.4) is 0 Å². The summed E-state index contributed by atoms with van der Waals surface area (Å²) in [6.07, 6.45) is 1.98. The lowest BCUT2D eigenvalue weighted by atomic mass is 10.1. The summed E-state index contributed by atoms with van der Waals surface area (Å²) in [5.41, 5.74) is 11.0. The van der Waals surface area contributed by atoms with Crippen LogP contribution in [0, 0.1) is 18.3 Å². The highest BCUT2D eigenvalue weighted by atomic mass is 15.4. The van der Waals surface area contributed by atoms with Crippen molar-refractivity contribution in [2.45, 2.75) is 25.8 Å². The minimum absolute atomic E-state index is 0.290. The molecule has 0 aliphatic carbocycles. The van der Waals surface area contributed by atoms with Crippen LogP contribution < -0.4 is 10.6 Å². The maximum absolute atomic E-state index is 9.06. The molecule has 0 bridgehead atoms. The zero-order valence-electron chi connectivity index (χ0n) is 15.5. The number of hydrogen-bond acceptors (Lipinski definition) is 4. The summed E-state index contributed by atoms with van der Waals surface area (Å²) in [5.74, 6) is 0.974. The zero-order valence-corrected chi connectivity index (χ0v) is 15.5. The fourth-order valence-electron chi connectivity index (χ4n) is 3.46. The van der Waals surface area contributed by atoms with Gasteiger partial charge in [0.15, 0.2) is 5.82 Å². The van der Waals surface area contributed by atoms with Crippen LogP contribution in [-0.4, -0.2) is 28.9 Å². The van der Waals surface area contributed by atoms with Crippen LogP contribution in [0.2, 0.25) is 0 Å². The first-order chi connectivity index (χ1) is 13.1. The predicted molar refractivity (Wildman–Crippen MR) is 108 cm³/mol. The smallest absolute Gasteiger partial charge is 0.151 e. The Morgan fingerprint density at radius 1 is 1.04 bits per heavy atom. The van der Waals surface area contributed by atoms with Crippen molar-refractivity contribution in [1.29, 1.82) is 5.26 Å². The fourth-order valence-corrected chi connectivity index (χ4v) is 3.46. The summed E-state index contributed by atoms with van der Waals surface area (Å²) in [6.45, 7) is 3.95. The molecule has 0 atom stereocenters. The van der Waals surface area contributed by atoms with Gasteiger partial charge in [-0.2, -0.15) is 5.26 Å². The quantitative estimate of drug-likeness (QED) is 0.777. The molecule has 27 heavy (non-hydrogen) atoms. The number of benzene rings is 2. The Hall–Kier alpha value is -3.10. The van der Waals surface area contributed by atoms with Gasteiger partial charge in [-0.05, 0) is 44.0 Å². The normalized spacial score (nSPS) is 14.9. The van der Waals surface area contributed by atoms with E-state index < -0.39 is 0 Å². The van der Waals surface area contributed by atoms with E-state index in [9.17, 15) is 0 Å². The summed E-state index contributed by atoms with van der Waals surface area (Å²) in [4.78, 5) is 2.31. The van der Waals surface area contributed by atoms with E-state index in [0.717, 1.165) is 48.7 Å². The lowest BCUT2D eigenvalue weighted by Gasteiger charge is -2.30. The number of nitriles is 1. The SMILES string of the molecule is Cc1ccc(-c2cc(N3CCC(N)CC3)nn2-c2ccc(C#N)cc2)cc1. The topological polar surface area (TPSA) is 70.9 Å². The Kier molecular flexibility index (Phi) is 4.66. The molecule has 0 amide bonds. The Morgan fingerprint density at radius 2 is 1.70 bits per heavy atom. The third kappa shape index (κ3) is 3.57. The van der Waals surface area contributed by atoms with Gasteiger partial charge in [-0.3, -0.25) is 0 Å². The molecule has 1 aliphatic rings. The summed E-state index contributed by atoms with van der Waals surface area (Å²) in [5, 5.41) is 14.0. The van der Waals surface area contributed by atoms with Crippen LogP contribution >= 0.6 is 0 Å². The van der Waals surface area contributed by atoms with Gasteiger partial charge in [-0.1, -0.05) is 29.8 Å². The van der Waals surface area contributed by atoms with Crippen molar-refractivity contribution in [1.82, 2.24) is 9.78 Å².